The van der Waals surface area contributed by atoms with Crippen molar-refractivity contribution in [1.82, 2.24) is 10.6 Å². The molecule has 1 aliphatic carbocycles. The van der Waals surface area contributed by atoms with Crippen LogP contribution in [-0.2, 0) is 9.59 Å². The van der Waals surface area contributed by atoms with Gasteiger partial charge < -0.3 is 20.7 Å². The van der Waals surface area contributed by atoms with Crippen LogP contribution in [0.4, 0.5) is 4.39 Å². The zero-order valence-corrected chi connectivity index (χ0v) is 17.2. The third-order valence-electron chi connectivity index (χ3n) is 5.36. The van der Waals surface area contributed by atoms with Crippen LogP contribution in [-0.4, -0.2) is 34.9 Å². The highest BCUT2D eigenvalue weighted by molar-refractivity contribution is 6.43. The van der Waals surface area contributed by atoms with E-state index >= 15 is 0 Å². The van der Waals surface area contributed by atoms with E-state index in [1.807, 2.05) is 13.8 Å². The molecule has 0 aliphatic heterocycles. The molecule has 1 aromatic rings. The molecule has 6 nitrogen and oxygen atoms in total. The van der Waals surface area contributed by atoms with Crippen LogP contribution in [0, 0.1) is 17.7 Å². The van der Waals surface area contributed by atoms with E-state index in [2.05, 4.69) is 10.6 Å². The Hall–Kier alpha value is -1.93. The number of benzene rings is 1. The first kappa shape index (κ1) is 23.4. The van der Waals surface area contributed by atoms with Crippen LogP contribution >= 0.6 is 0 Å². The second-order valence-electron chi connectivity index (χ2n) is 8.37. The molecular weight excluding hydrogens is 374 g/mol. The first-order valence-electron chi connectivity index (χ1n) is 10.5. The monoisotopic (exact) mass is 406 g/mol. The molecule has 160 valence electrons. The lowest BCUT2D eigenvalue weighted by Crippen LogP contribution is -2.48. The number of hydrogen-bond donors (Lipinski definition) is 4. The molecule has 4 N–H and O–H groups in total. The standard InChI is InChI=1S/C21H32BFN2O4/c1-14(2)11-19(22(28)29)25-20(26)13-18(16-9-6-10-17(23)12-16)24-21(27)15-7-4-3-5-8-15/h6,9-10,12,14-15,18-19,28-29H,3-5,7-8,11,13H2,1-2H3,(H,24,27)(H,25,26)/t18?,19-/m0/s1. The summed E-state index contributed by atoms with van der Waals surface area (Å²) in [6, 6.07) is 5.15. The fourth-order valence-electron chi connectivity index (χ4n) is 3.84. The topological polar surface area (TPSA) is 98.7 Å². The first-order chi connectivity index (χ1) is 13.8. The number of nitrogens with one attached hydrogen (secondary N) is 2. The minimum atomic E-state index is -1.68. The summed E-state index contributed by atoms with van der Waals surface area (Å²) in [5.41, 5.74) is 0.509. The Kier molecular flexibility index (Phi) is 9.11. The number of carbonyl (C=O) groups excluding carboxylic acids is 2. The third kappa shape index (κ3) is 7.78. The summed E-state index contributed by atoms with van der Waals surface area (Å²) < 4.78 is 13.7. The number of carbonyl (C=O) groups is 2. The van der Waals surface area contributed by atoms with Gasteiger partial charge >= 0.3 is 7.12 Å². The van der Waals surface area contributed by atoms with E-state index in [1.165, 1.54) is 12.1 Å². The Morgan fingerprint density at radius 1 is 1.17 bits per heavy atom. The van der Waals surface area contributed by atoms with E-state index in [0.29, 0.717) is 12.0 Å². The molecule has 0 saturated heterocycles. The molecule has 8 heteroatoms. The summed E-state index contributed by atoms with van der Waals surface area (Å²) in [7, 11) is -1.68. The van der Waals surface area contributed by atoms with Gasteiger partial charge in [-0.1, -0.05) is 45.2 Å². The third-order valence-corrected chi connectivity index (χ3v) is 5.36. The fourth-order valence-corrected chi connectivity index (χ4v) is 3.84. The molecule has 2 rings (SSSR count). The molecule has 1 saturated carbocycles. The predicted molar refractivity (Wildman–Crippen MR) is 110 cm³/mol. The number of amides is 2. The predicted octanol–water partition coefficient (Wildman–Crippen LogP) is 2.50. The molecule has 0 radical (unpaired) electrons. The number of hydrogen-bond acceptors (Lipinski definition) is 4. The van der Waals surface area contributed by atoms with Gasteiger partial charge in [0.2, 0.25) is 11.8 Å². The smallest absolute Gasteiger partial charge is 0.426 e. The van der Waals surface area contributed by atoms with Gasteiger partial charge in [0.15, 0.2) is 0 Å². The Balaban J connectivity index is 2.10. The maximum atomic E-state index is 13.7. The van der Waals surface area contributed by atoms with E-state index < -0.39 is 30.8 Å². The Morgan fingerprint density at radius 2 is 1.86 bits per heavy atom. The molecule has 0 spiro atoms. The van der Waals surface area contributed by atoms with Crippen molar-refractivity contribution >= 4 is 18.9 Å². The summed E-state index contributed by atoms with van der Waals surface area (Å²) in [4.78, 5) is 25.3. The van der Waals surface area contributed by atoms with Gasteiger partial charge in [-0.25, -0.2) is 4.39 Å². The highest BCUT2D eigenvalue weighted by Crippen LogP contribution is 2.26. The molecule has 0 aromatic heterocycles. The van der Waals surface area contributed by atoms with Crippen molar-refractivity contribution in [2.45, 2.75) is 70.8 Å². The molecule has 0 heterocycles. The summed E-state index contributed by atoms with van der Waals surface area (Å²) in [6.07, 6.45) is 5.08. The van der Waals surface area contributed by atoms with E-state index in [9.17, 15) is 24.0 Å². The Bertz CT molecular complexity index is 680. The van der Waals surface area contributed by atoms with Gasteiger partial charge in [-0.2, -0.15) is 0 Å². The summed E-state index contributed by atoms with van der Waals surface area (Å²) >= 11 is 0. The molecule has 2 atom stereocenters. The average Bonchev–Trinajstić information content (AvgIpc) is 2.67. The lowest BCUT2D eigenvalue weighted by Gasteiger charge is -2.26. The average molecular weight is 406 g/mol. The fraction of sp³-hybridized carbons (Fsp3) is 0.619. The van der Waals surface area contributed by atoms with Crippen LogP contribution in [0.25, 0.3) is 0 Å². The second kappa shape index (κ2) is 11.3. The zero-order valence-electron chi connectivity index (χ0n) is 17.2. The van der Waals surface area contributed by atoms with Gasteiger partial charge in [0, 0.05) is 5.92 Å². The largest absolute Gasteiger partial charge is 0.475 e. The van der Waals surface area contributed by atoms with Crippen LogP contribution < -0.4 is 10.6 Å². The molecule has 2 amide bonds. The van der Waals surface area contributed by atoms with Crippen molar-refractivity contribution in [3.8, 4) is 0 Å². The molecule has 1 aliphatic rings. The van der Waals surface area contributed by atoms with Crippen molar-refractivity contribution in [2.75, 3.05) is 0 Å². The van der Waals surface area contributed by atoms with Gasteiger partial charge in [0.25, 0.3) is 0 Å². The minimum Gasteiger partial charge on any atom is -0.426 e. The van der Waals surface area contributed by atoms with Crippen LogP contribution in [0.15, 0.2) is 24.3 Å². The van der Waals surface area contributed by atoms with Crippen molar-refractivity contribution in [1.29, 1.82) is 0 Å². The minimum absolute atomic E-state index is 0.0872. The van der Waals surface area contributed by atoms with Crippen molar-refractivity contribution in [3.63, 3.8) is 0 Å². The lowest BCUT2D eigenvalue weighted by atomic mass is 9.75. The van der Waals surface area contributed by atoms with Gasteiger partial charge in [-0.3, -0.25) is 9.59 Å². The number of halogens is 1. The van der Waals surface area contributed by atoms with Gasteiger partial charge in [0.1, 0.15) is 5.82 Å². The van der Waals surface area contributed by atoms with E-state index in [0.717, 1.165) is 32.1 Å². The SMILES string of the molecule is CC(C)C[C@H](NC(=O)CC(NC(=O)C1CCCCC1)c1cccc(F)c1)B(O)O. The quantitative estimate of drug-likeness (QED) is 0.474. The van der Waals surface area contributed by atoms with E-state index in [-0.39, 0.29) is 24.2 Å². The normalized spacial score (nSPS) is 16.9. The molecule has 1 unspecified atom stereocenters. The molecule has 1 aromatic carbocycles. The summed E-state index contributed by atoms with van der Waals surface area (Å²) in [5, 5.41) is 24.6. The van der Waals surface area contributed by atoms with Crippen molar-refractivity contribution in [3.05, 3.63) is 35.6 Å². The maximum Gasteiger partial charge on any atom is 0.475 e. The highest BCUT2D eigenvalue weighted by Gasteiger charge is 2.29. The van der Waals surface area contributed by atoms with Crippen LogP contribution in [0.2, 0.25) is 0 Å². The Labute approximate surface area is 172 Å². The molecule has 29 heavy (non-hydrogen) atoms. The van der Waals surface area contributed by atoms with E-state index in [1.54, 1.807) is 12.1 Å². The molecule has 0 bridgehead atoms. The molecule has 1 fully saturated rings. The second-order valence-corrected chi connectivity index (χ2v) is 8.37. The van der Waals surface area contributed by atoms with Gasteiger partial charge in [-0.15, -0.1) is 0 Å². The van der Waals surface area contributed by atoms with Gasteiger partial charge in [0.05, 0.1) is 18.4 Å². The first-order valence-corrected chi connectivity index (χ1v) is 10.5. The molecular formula is C21H32BFN2O4. The zero-order chi connectivity index (χ0) is 21.4. The van der Waals surface area contributed by atoms with Crippen molar-refractivity contribution < 1.29 is 24.0 Å². The van der Waals surface area contributed by atoms with Crippen molar-refractivity contribution in [2.24, 2.45) is 11.8 Å². The summed E-state index contributed by atoms with van der Waals surface area (Å²) in [6.45, 7) is 3.84. The lowest BCUT2D eigenvalue weighted by molar-refractivity contribution is -0.127. The number of rotatable bonds is 9. The van der Waals surface area contributed by atoms with Crippen LogP contribution in [0.3, 0.4) is 0 Å². The van der Waals surface area contributed by atoms with E-state index in [4.69, 9.17) is 0 Å². The van der Waals surface area contributed by atoms with Crippen LogP contribution in [0.5, 0.6) is 0 Å². The summed E-state index contributed by atoms with van der Waals surface area (Å²) in [5.74, 6) is -1.72. The highest BCUT2D eigenvalue weighted by atomic mass is 19.1. The van der Waals surface area contributed by atoms with Gasteiger partial charge in [-0.05, 0) is 42.9 Å². The Morgan fingerprint density at radius 3 is 2.45 bits per heavy atom. The van der Waals surface area contributed by atoms with Crippen LogP contribution in [0.1, 0.15) is 70.4 Å². The maximum absolute atomic E-state index is 13.7.